The number of hydrogen-bond acceptors (Lipinski definition) is 2. The first-order chi connectivity index (χ1) is 19.6. The predicted octanol–water partition coefficient (Wildman–Crippen LogP) is 9.50. The van der Waals surface area contributed by atoms with Crippen LogP contribution in [0.15, 0.2) is 24.4 Å². The highest BCUT2D eigenvalue weighted by Gasteiger charge is 2.64. The summed E-state index contributed by atoms with van der Waals surface area (Å²) in [7, 11) is 0. The Kier molecular flexibility index (Phi) is 7.06. The number of halogens is 2. The number of hydrogen-bond donors (Lipinski definition) is 0. The zero-order valence-electron chi connectivity index (χ0n) is 25.6. The number of pyridine rings is 1. The molecule has 10 atom stereocenters. The predicted molar refractivity (Wildman–Crippen MR) is 160 cm³/mol. The third kappa shape index (κ3) is 4.86. The number of aromatic nitrogens is 1. The molecular formula is C37H51F2NO. The van der Waals surface area contributed by atoms with Crippen LogP contribution in [0.25, 0.3) is 0 Å². The fourth-order valence-electron chi connectivity index (χ4n) is 11.5. The molecule has 0 amide bonds. The van der Waals surface area contributed by atoms with E-state index in [2.05, 4.69) is 18.8 Å². The van der Waals surface area contributed by atoms with E-state index in [-0.39, 0.29) is 16.9 Å². The normalized spacial score (nSPS) is 41.7. The summed E-state index contributed by atoms with van der Waals surface area (Å²) >= 11 is 0. The third-order valence-electron chi connectivity index (χ3n) is 13.8. The Hall–Kier alpha value is -1.58. The van der Waals surface area contributed by atoms with Gasteiger partial charge in [-0.2, -0.15) is 8.78 Å². The molecule has 1 heterocycles. The van der Waals surface area contributed by atoms with Gasteiger partial charge in [0.1, 0.15) is 5.78 Å². The fraction of sp³-hybridized carbons (Fsp3) is 0.784. The van der Waals surface area contributed by atoms with Gasteiger partial charge in [-0.3, -0.25) is 9.78 Å². The number of alkyl halides is 2. The molecule has 1 aromatic heterocycles. The number of Topliss-reactive ketones (excluding diaryl/α,β-unsaturated/α-hetero) is 1. The van der Waals surface area contributed by atoms with Crippen LogP contribution in [0, 0.1) is 58.2 Å². The summed E-state index contributed by atoms with van der Waals surface area (Å²) in [5.41, 5.74) is 2.53. The third-order valence-corrected chi connectivity index (χ3v) is 13.8. The maximum atomic E-state index is 14.5. The van der Waals surface area contributed by atoms with Crippen molar-refractivity contribution in [1.82, 2.24) is 4.98 Å². The minimum absolute atomic E-state index is 0.0322. The zero-order valence-corrected chi connectivity index (χ0v) is 25.6. The maximum Gasteiger partial charge on any atom is 0.293 e. The van der Waals surface area contributed by atoms with Crippen LogP contribution in [-0.2, 0) is 23.6 Å². The molecule has 5 fully saturated rings. The standard InChI is InChI=1S/C37H51F2NO/c1-4-11-37(38,39)31-15-26-13-25(8-10-33(26)40-22-31)14-34(41)36-12-5-6-29(36)16-27(20-36)23(2)7-9-32-24(3)18-35-19-28(32)17-30(35)21-35/h4,11,15,22-25,27-30,32H,5-10,12-14,16-21H2,1-3H3. The quantitative estimate of drug-likeness (QED) is 0.280. The van der Waals surface area contributed by atoms with Gasteiger partial charge in [-0.25, -0.2) is 0 Å². The van der Waals surface area contributed by atoms with Crippen LogP contribution in [0.5, 0.6) is 0 Å². The molecule has 5 saturated carbocycles. The van der Waals surface area contributed by atoms with Crippen molar-refractivity contribution >= 4 is 5.78 Å². The van der Waals surface area contributed by atoms with Crippen LogP contribution in [0.1, 0.15) is 121 Å². The Morgan fingerprint density at radius 1 is 1.17 bits per heavy atom. The summed E-state index contributed by atoms with van der Waals surface area (Å²) in [4.78, 5) is 18.5. The minimum Gasteiger partial charge on any atom is -0.299 e. The fourth-order valence-corrected chi connectivity index (χ4v) is 11.5. The van der Waals surface area contributed by atoms with Gasteiger partial charge in [0.25, 0.3) is 5.92 Å². The van der Waals surface area contributed by atoms with Crippen molar-refractivity contribution in [2.24, 2.45) is 58.2 Å². The van der Waals surface area contributed by atoms with Crippen LogP contribution >= 0.6 is 0 Å². The van der Waals surface area contributed by atoms with Crippen molar-refractivity contribution in [1.29, 1.82) is 0 Å². The van der Waals surface area contributed by atoms with Crippen molar-refractivity contribution in [3.05, 3.63) is 41.2 Å². The van der Waals surface area contributed by atoms with Gasteiger partial charge in [0.2, 0.25) is 0 Å². The lowest BCUT2D eigenvalue weighted by atomic mass is 9.67. The lowest BCUT2D eigenvalue weighted by Gasteiger charge is -2.38. The molecule has 6 aliphatic carbocycles. The number of allylic oxidation sites excluding steroid dienone is 2. The molecule has 1 spiro atoms. The summed E-state index contributed by atoms with van der Waals surface area (Å²) in [6.07, 6.45) is 21.4. The number of aryl methyl sites for hydroxylation is 1. The topological polar surface area (TPSA) is 30.0 Å². The first-order valence-corrected chi connectivity index (χ1v) is 17.2. The average Bonchev–Trinajstić information content (AvgIpc) is 3.23. The Balaban J connectivity index is 0.974. The van der Waals surface area contributed by atoms with Crippen LogP contribution in [0.2, 0.25) is 0 Å². The molecular weight excluding hydrogens is 512 g/mol. The SMILES string of the molecule is CC=CC(F)(F)c1cnc2c(c1)CC(CC(=O)C13CCCC1CC(C(C)CCC1C(C)CC45CC1CC4C5)C3)CC2. The second-order valence-electron chi connectivity index (χ2n) is 16.0. The second kappa shape index (κ2) is 10.3. The molecule has 2 nitrogen and oxygen atoms in total. The molecule has 0 saturated heterocycles. The van der Waals surface area contributed by atoms with Gasteiger partial charge in [-0.1, -0.05) is 32.8 Å². The molecule has 10 unspecified atom stereocenters. The van der Waals surface area contributed by atoms with Gasteiger partial charge >= 0.3 is 0 Å². The molecule has 0 radical (unpaired) electrons. The van der Waals surface area contributed by atoms with E-state index in [4.69, 9.17) is 0 Å². The lowest BCUT2D eigenvalue weighted by Crippen LogP contribution is -2.34. The number of ketones is 1. The van der Waals surface area contributed by atoms with E-state index in [0.717, 1.165) is 72.1 Å². The van der Waals surface area contributed by atoms with Crippen LogP contribution in [-0.4, -0.2) is 10.8 Å². The van der Waals surface area contributed by atoms with E-state index >= 15 is 0 Å². The summed E-state index contributed by atoms with van der Waals surface area (Å²) < 4.78 is 29.1. The Morgan fingerprint density at radius 3 is 2.85 bits per heavy atom. The van der Waals surface area contributed by atoms with E-state index in [1.807, 2.05) is 0 Å². The smallest absolute Gasteiger partial charge is 0.293 e. The Bertz CT molecular complexity index is 1210. The largest absolute Gasteiger partial charge is 0.299 e. The number of carbonyl (C=O) groups excluding carboxylic acids is 1. The Labute approximate surface area is 246 Å². The van der Waals surface area contributed by atoms with Gasteiger partial charge in [0.05, 0.1) is 0 Å². The summed E-state index contributed by atoms with van der Waals surface area (Å²) in [5.74, 6) is 3.66. The molecule has 0 aromatic carbocycles. The lowest BCUT2D eigenvalue weighted by molar-refractivity contribution is -0.131. The highest BCUT2D eigenvalue weighted by atomic mass is 19.3. The van der Waals surface area contributed by atoms with Crippen LogP contribution in [0.3, 0.4) is 0 Å². The van der Waals surface area contributed by atoms with Gasteiger partial charge in [0.15, 0.2) is 0 Å². The molecule has 41 heavy (non-hydrogen) atoms. The van der Waals surface area contributed by atoms with Crippen molar-refractivity contribution in [3.8, 4) is 0 Å². The zero-order chi connectivity index (χ0) is 28.6. The second-order valence-corrected chi connectivity index (χ2v) is 16.0. The summed E-state index contributed by atoms with van der Waals surface area (Å²) in [6.45, 7) is 6.66. The first-order valence-electron chi connectivity index (χ1n) is 17.2. The van der Waals surface area contributed by atoms with E-state index < -0.39 is 5.92 Å². The molecule has 4 heteroatoms. The summed E-state index contributed by atoms with van der Waals surface area (Å²) in [6, 6.07) is 1.66. The van der Waals surface area contributed by atoms with Gasteiger partial charge < -0.3 is 0 Å². The van der Waals surface area contributed by atoms with Crippen molar-refractivity contribution in [2.75, 3.05) is 0 Å². The highest BCUT2D eigenvalue weighted by molar-refractivity contribution is 5.86. The number of rotatable bonds is 9. The molecule has 0 aliphatic heterocycles. The van der Waals surface area contributed by atoms with Crippen molar-refractivity contribution in [2.45, 2.75) is 123 Å². The van der Waals surface area contributed by atoms with Crippen LogP contribution in [0.4, 0.5) is 8.78 Å². The number of fused-ring (bicyclic) bond motifs is 3. The first kappa shape index (κ1) is 28.2. The molecule has 6 aliphatic rings. The molecule has 224 valence electrons. The van der Waals surface area contributed by atoms with E-state index in [1.165, 1.54) is 70.1 Å². The number of nitrogens with zero attached hydrogens (tertiary/aromatic N) is 1. The van der Waals surface area contributed by atoms with E-state index in [1.54, 1.807) is 13.0 Å². The van der Waals surface area contributed by atoms with Crippen molar-refractivity contribution in [3.63, 3.8) is 0 Å². The molecule has 2 bridgehead atoms. The average molecular weight is 564 g/mol. The van der Waals surface area contributed by atoms with Crippen molar-refractivity contribution < 1.29 is 13.6 Å². The number of carbonyl (C=O) groups is 1. The molecule has 0 N–H and O–H groups in total. The van der Waals surface area contributed by atoms with Gasteiger partial charge in [0, 0.05) is 29.3 Å². The van der Waals surface area contributed by atoms with E-state index in [0.29, 0.717) is 36.4 Å². The monoisotopic (exact) mass is 563 g/mol. The Morgan fingerprint density at radius 2 is 2.02 bits per heavy atom. The molecule has 1 aromatic rings. The minimum atomic E-state index is -3.00. The van der Waals surface area contributed by atoms with Crippen LogP contribution < -0.4 is 0 Å². The highest BCUT2D eigenvalue weighted by Crippen LogP contribution is 2.73. The summed E-state index contributed by atoms with van der Waals surface area (Å²) in [5, 5.41) is 0. The van der Waals surface area contributed by atoms with Gasteiger partial charge in [-0.15, -0.1) is 0 Å². The van der Waals surface area contributed by atoms with E-state index in [9.17, 15) is 13.6 Å². The maximum absolute atomic E-state index is 14.5. The molecule has 7 rings (SSSR count). The van der Waals surface area contributed by atoms with Gasteiger partial charge in [-0.05, 0) is 154 Å².